The third-order valence-corrected chi connectivity index (χ3v) is 7.07. The molecule has 7 rings (SSSR count). The molecule has 0 atom stereocenters. The second kappa shape index (κ2) is 7.36. The van der Waals surface area contributed by atoms with Crippen LogP contribution in [0.3, 0.4) is 0 Å². The van der Waals surface area contributed by atoms with E-state index in [4.69, 9.17) is 0 Å². The van der Waals surface area contributed by atoms with Gasteiger partial charge in [-0.1, -0.05) is 73.7 Å². The predicted octanol–water partition coefficient (Wildman–Crippen LogP) is 8.44. The quantitative estimate of drug-likeness (QED) is 0.263. The SMILES string of the molecule is CCc1cccc(-n2c3ccccc3c3cc(-n4c5ccccc5c5ccccc54)ccc32)c1. The van der Waals surface area contributed by atoms with Gasteiger partial charge in [0.1, 0.15) is 0 Å². The van der Waals surface area contributed by atoms with E-state index >= 15 is 0 Å². The van der Waals surface area contributed by atoms with Crippen LogP contribution in [0, 0.1) is 0 Å². The molecule has 34 heavy (non-hydrogen) atoms. The molecule has 0 aliphatic rings. The fraction of sp³-hybridized carbons (Fsp3) is 0.0625. The van der Waals surface area contributed by atoms with E-state index in [0.717, 1.165) is 6.42 Å². The molecule has 7 aromatic rings. The van der Waals surface area contributed by atoms with Gasteiger partial charge in [0, 0.05) is 32.9 Å². The summed E-state index contributed by atoms with van der Waals surface area (Å²) in [7, 11) is 0. The summed E-state index contributed by atoms with van der Waals surface area (Å²) < 4.78 is 4.80. The molecule has 0 saturated heterocycles. The Morgan fingerprint density at radius 2 is 0.941 bits per heavy atom. The number of benzene rings is 5. The monoisotopic (exact) mass is 436 g/mol. The van der Waals surface area contributed by atoms with Crippen LogP contribution >= 0.6 is 0 Å². The summed E-state index contributed by atoms with van der Waals surface area (Å²) in [5.74, 6) is 0. The first-order chi connectivity index (χ1) is 16.8. The number of aryl methyl sites for hydroxylation is 1. The van der Waals surface area contributed by atoms with E-state index in [0.29, 0.717) is 0 Å². The second-order valence-corrected chi connectivity index (χ2v) is 8.95. The lowest BCUT2D eigenvalue weighted by atomic mass is 10.1. The third kappa shape index (κ3) is 2.69. The molecule has 162 valence electrons. The Bertz CT molecular complexity index is 1800. The lowest BCUT2D eigenvalue weighted by Gasteiger charge is -2.11. The summed E-state index contributed by atoms with van der Waals surface area (Å²) in [6.45, 7) is 2.21. The van der Waals surface area contributed by atoms with Crippen LogP contribution in [0.4, 0.5) is 0 Å². The van der Waals surface area contributed by atoms with Crippen LogP contribution in [-0.2, 0) is 6.42 Å². The number of hydrogen-bond acceptors (Lipinski definition) is 0. The third-order valence-electron chi connectivity index (χ3n) is 7.07. The van der Waals surface area contributed by atoms with Crippen molar-refractivity contribution >= 4 is 43.6 Å². The molecule has 2 heteroatoms. The number of hydrogen-bond donors (Lipinski definition) is 0. The van der Waals surface area contributed by atoms with E-state index in [1.165, 1.54) is 60.5 Å². The highest BCUT2D eigenvalue weighted by Gasteiger charge is 2.16. The van der Waals surface area contributed by atoms with E-state index < -0.39 is 0 Å². The molecule has 0 unspecified atom stereocenters. The normalized spacial score (nSPS) is 11.8. The second-order valence-electron chi connectivity index (χ2n) is 8.95. The summed E-state index contributed by atoms with van der Waals surface area (Å²) in [5, 5.41) is 5.13. The molecular weight excluding hydrogens is 412 g/mol. The highest BCUT2D eigenvalue weighted by molar-refractivity contribution is 6.12. The minimum atomic E-state index is 1.03. The molecule has 0 N–H and O–H groups in total. The highest BCUT2D eigenvalue weighted by Crippen LogP contribution is 2.36. The van der Waals surface area contributed by atoms with E-state index in [2.05, 4.69) is 131 Å². The van der Waals surface area contributed by atoms with E-state index in [1.54, 1.807) is 0 Å². The Morgan fingerprint density at radius 3 is 1.53 bits per heavy atom. The topological polar surface area (TPSA) is 9.86 Å². The molecule has 0 fully saturated rings. The minimum absolute atomic E-state index is 1.03. The molecule has 5 aromatic carbocycles. The van der Waals surface area contributed by atoms with Crippen LogP contribution in [0.5, 0.6) is 0 Å². The maximum Gasteiger partial charge on any atom is 0.0542 e. The molecule has 2 aromatic heterocycles. The summed E-state index contributed by atoms with van der Waals surface area (Å²) >= 11 is 0. The van der Waals surface area contributed by atoms with Crippen LogP contribution in [0.15, 0.2) is 115 Å². The van der Waals surface area contributed by atoms with Crippen molar-refractivity contribution < 1.29 is 0 Å². The van der Waals surface area contributed by atoms with E-state index in [1.807, 2.05) is 0 Å². The average Bonchev–Trinajstić information content (AvgIpc) is 3.41. The van der Waals surface area contributed by atoms with Gasteiger partial charge < -0.3 is 9.13 Å². The number of nitrogens with zero attached hydrogens (tertiary/aromatic N) is 2. The highest BCUT2D eigenvalue weighted by atomic mass is 15.0. The van der Waals surface area contributed by atoms with Crippen LogP contribution in [-0.4, -0.2) is 9.13 Å². The largest absolute Gasteiger partial charge is 0.309 e. The van der Waals surface area contributed by atoms with Gasteiger partial charge in [-0.05, 0) is 60.5 Å². The molecule has 0 saturated carbocycles. The van der Waals surface area contributed by atoms with Gasteiger partial charge in [-0.15, -0.1) is 0 Å². The number of fused-ring (bicyclic) bond motifs is 6. The smallest absolute Gasteiger partial charge is 0.0542 e. The first kappa shape index (κ1) is 19.2. The molecule has 0 radical (unpaired) electrons. The Hall–Kier alpha value is -4.30. The van der Waals surface area contributed by atoms with Crippen LogP contribution in [0.2, 0.25) is 0 Å². The molecule has 0 aliphatic heterocycles. The Kier molecular flexibility index (Phi) is 4.16. The molecule has 2 heterocycles. The van der Waals surface area contributed by atoms with Crippen molar-refractivity contribution in [3.63, 3.8) is 0 Å². The fourth-order valence-electron chi connectivity index (χ4n) is 5.49. The Labute approximate surface area is 198 Å². The van der Waals surface area contributed by atoms with Gasteiger partial charge in [-0.3, -0.25) is 0 Å². The number of para-hydroxylation sites is 3. The number of rotatable bonds is 3. The maximum atomic E-state index is 2.40. The van der Waals surface area contributed by atoms with E-state index in [9.17, 15) is 0 Å². The van der Waals surface area contributed by atoms with Crippen molar-refractivity contribution in [1.29, 1.82) is 0 Å². The van der Waals surface area contributed by atoms with E-state index in [-0.39, 0.29) is 0 Å². The van der Waals surface area contributed by atoms with Crippen molar-refractivity contribution in [2.45, 2.75) is 13.3 Å². The average molecular weight is 437 g/mol. The lowest BCUT2D eigenvalue weighted by molar-refractivity contribution is 1.11. The van der Waals surface area contributed by atoms with Gasteiger partial charge in [0.25, 0.3) is 0 Å². The summed E-state index contributed by atoms with van der Waals surface area (Å²) in [6, 6.07) is 41.9. The Morgan fingerprint density at radius 1 is 0.441 bits per heavy atom. The lowest BCUT2D eigenvalue weighted by Crippen LogP contribution is -1.96. The van der Waals surface area contributed by atoms with Gasteiger partial charge >= 0.3 is 0 Å². The van der Waals surface area contributed by atoms with Gasteiger partial charge in [-0.25, -0.2) is 0 Å². The van der Waals surface area contributed by atoms with Gasteiger partial charge in [0.2, 0.25) is 0 Å². The standard InChI is InChI=1S/C32H24N2/c1-2-22-10-9-11-23(20-22)33-31-17-8-5-14-27(31)28-21-24(18-19-32(28)33)34-29-15-6-3-12-25(29)26-13-4-7-16-30(26)34/h3-21H,2H2,1H3. The molecular formula is C32H24N2. The molecule has 2 nitrogen and oxygen atoms in total. The summed E-state index contributed by atoms with van der Waals surface area (Å²) in [5.41, 5.74) is 8.71. The summed E-state index contributed by atoms with van der Waals surface area (Å²) in [6.07, 6.45) is 1.03. The molecule has 0 bridgehead atoms. The fourth-order valence-corrected chi connectivity index (χ4v) is 5.49. The van der Waals surface area contributed by atoms with Gasteiger partial charge in [0.15, 0.2) is 0 Å². The first-order valence-electron chi connectivity index (χ1n) is 11.9. The number of aromatic nitrogens is 2. The Balaban J connectivity index is 1.56. The van der Waals surface area contributed by atoms with Crippen molar-refractivity contribution in [2.24, 2.45) is 0 Å². The zero-order valence-corrected chi connectivity index (χ0v) is 19.1. The molecule has 0 spiro atoms. The van der Waals surface area contributed by atoms with Crippen LogP contribution in [0.1, 0.15) is 12.5 Å². The predicted molar refractivity (Wildman–Crippen MR) is 144 cm³/mol. The summed E-state index contributed by atoms with van der Waals surface area (Å²) in [4.78, 5) is 0. The zero-order chi connectivity index (χ0) is 22.6. The molecule has 0 amide bonds. The van der Waals surface area contributed by atoms with Gasteiger partial charge in [-0.2, -0.15) is 0 Å². The van der Waals surface area contributed by atoms with Crippen molar-refractivity contribution in [3.8, 4) is 11.4 Å². The van der Waals surface area contributed by atoms with Crippen molar-refractivity contribution in [1.82, 2.24) is 9.13 Å². The maximum absolute atomic E-state index is 2.40. The van der Waals surface area contributed by atoms with Gasteiger partial charge in [0.05, 0.1) is 22.1 Å². The van der Waals surface area contributed by atoms with Crippen molar-refractivity contribution in [2.75, 3.05) is 0 Å². The zero-order valence-electron chi connectivity index (χ0n) is 19.1. The molecule has 0 aliphatic carbocycles. The minimum Gasteiger partial charge on any atom is -0.309 e. The first-order valence-corrected chi connectivity index (χ1v) is 11.9. The van der Waals surface area contributed by atoms with Crippen molar-refractivity contribution in [3.05, 3.63) is 121 Å². The van der Waals surface area contributed by atoms with Crippen LogP contribution < -0.4 is 0 Å². The van der Waals surface area contributed by atoms with Crippen LogP contribution in [0.25, 0.3) is 55.0 Å².